The highest BCUT2D eigenvalue weighted by Crippen LogP contribution is 2.21. The summed E-state index contributed by atoms with van der Waals surface area (Å²) in [7, 11) is 0. The zero-order valence-corrected chi connectivity index (χ0v) is 11.2. The van der Waals surface area contributed by atoms with Crippen molar-refractivity contribution in [3.63, 3.8) is 0 Å². The SMILES string of the molecule is Cc1nc(CNCc2c[nH]c3cc(Cl)ccc23)no1. The molecule has 2 aromatic heterocycles. The predicted molar refractivity (Wildman–Crippen MR) is 72.9 cm³/mol. The third-order valence-electron chi connectivity index (χ3n) is 2.90. The van der Waals surface area contributed by atoms with Gasteiger partial charge in [0.1, 0.15) is 0 Å². The fourth-order valence-electron chi connectivity index (χ4n) is 2.03. The molecule has 0 saturated carbocycles. The molecule has 19 heavy (non-hydrogen) atoms. The first kappa shape index (κ1) is 12.2. The molecule has 1 aromatic carbocycles. The molecule has 0 spiro atoms. The summed E-state index contributed by atoms with van der Waals surface area (Å²) >= 11 is 5.95. The van der Waals surface area contributed by atoms with E-state index in [0.29, 0.717) is 18.3 Å². The molecule has 0 amide bonds. The summed E-state index contributed by atoms with van der Waals surface area (Å²) in [5.74, 6) is 1.25. The summed E-state index contributed by atoms with van der Waals surface area (Å²) in [6, 6.07) is 5.83. The Labute approximate surface area is 115 Å². The molecule has 98 valence electrons. The maximum Gasteiger partial charge on any atom is 0.223 e. The fourth-order valence-corrected chi connectivity index (χ4v) is 2.20. The van der Waals surface area contributed by atoms with Crippen molar-refractivity contribution in [2.75, 3.05) is 0 Å². The first-order valence-electron chi connectivity index (χ1n) is 5.98. The van der Waals surface area contributed by atoms with Gasteiger partial charge in [0.05, 0.1) is 6.54 Å². The number of nitrogens with one attached hydrogen (secondary N) is 2. The predicted octanol–water partition coefficient (Wildman–Crippen LogP) is 2.80. The molecule has 3 rings (SSSR count). The number of benzene rings is 1. The highest BCUT2D eigenvalue weighted by molar-refractivity contribution is 6.31. The van der Waals surface area contributed by atoms with Gasteiger partial charge in [-0.15, -0.1) is 0 Å². The topological polar surface area (TPSA) is 66.7 Å². The minimum absolute atomic E-state index is 0.581. The van der Waals surface area contributed by atoms with E-state index in [1.54, 1.807) is 6.92 Å². The number of aryl methyl sites for hydroxylation is 1. The van der Waals surface area contributed by atoms with Crippen LogP contribution >= 0.6 is 11.6 Å². The van der Waals surface area contributed by atoms with Crippen LogP contribution in [0.25, 0.3) is 10.9 Å². The van der Waals surface area contributed by atoms with Gasteiger partial charge in [0.15, 0.2) is 5.82 Å². The van der Waals surface area contributed by atoms with E-state index < -0.39 is 0 Å². The zero-order chi connectivity index (χ0) is 13.2. The Bertz CT molecular complexity index is 704. The van der Waals surface area contributed by atoms with Gasteiger partial charge in [0.25, 0.3) is 0 Å². The Balaban J connectivity index is 1.68. The van der Waals surface area contributed by atoms with E-state index in [1.165, 1.54) is 10.9 Å². The number of rotatable bonds is 4. The maximum absolute atomic E-state index is 5.95. The van der Waals surface area contributed by atoms with Crippen molar-refractivity contribution in [2.24, 2.45) is 0 Å². The van der Waals surface area contributed by atoms with Gasteiger partial charge in [0, 0.05) is 35.6 Å². The van der Waals surface area contributed by atoms with E-state index in [4.69, 9.17) is 16.1 Å². The van der Waals surface area contributed by atoms with Crippen molar-refractivity contribution in [3.05, 3.63) is 46.7 Å². The summed E-state index contributed by atoms with van der Waals surface area (Å²) in [4.78, 5) is 7.35. The lowest BCUT2D eigenvalue weighted by atomic mass is 10.2. The molecule has 2 heterocycles. The second-order valence-corrected chi connectivity index (χ2v) is 4.77. The van der Waals surface area contributed by atoms with E-state index in [9.17, 15) is 0 Å². The standard InChI is InChI=1S/C13H13ClN4O/c1-8-17-13(18-19-8)7-15-5-9-6-16-12-4-10(14)2-3-11(9)12/h2-4,6,15-16H,5,7H2,1H3. The first-order valence-corrected chi connectivity index (χ1v) is 6.35. The van der Waals surface area contributed by atoms with Crippen LogP contribution in [0, 0.1) is 6.92 Å². The van der Waals surface area contributed by atoms with E-state index in [2.05, 4.69) is 20.4 Å². The van der Waals surface area contributed by atoms with Crippen LogP contribution < -0.4 is 5.32 Å². The van der Waals surface area contributed by atoms with Crippen LogP contribution in [-0.4, -0.2) is 15.1 Å². The second-order valence-electron chi connectivity index (χ2n) is 4.34. The lowest BCUT2D eigenvalue weighted by Gasteiger charge is -2.00. The van der Waals surface area contributed by atoms with Crippen LogP contribution in [0.2, 0.25) is 5.02 Å². The number of H-pyrrole nitrogens is 1. The van der Waals surface area contributed by atoms with Crippen LogP contribution in [0.5, 0.6) is 0 Å². The fraction of sp³-hybridized carbons (Fsp3) is 0.231. The third kappa shape index (κ3) is 2.62. The number of aromatic amines is 1. The first-order chi connectivity index (χ1) is 9.22. The Hall–Kier alpha value is -1.85. The van der Waals surface area contributed by atoms with Crippen molar-refractivity contribution < 1.29 is 4.52 Å². The number of hydrogen-bond acceptors (Lipinski definition) is 4. The van der Waals surface area contributed by atoms with Crippen LogP contribution in [0.4, 0.5) is 0 Å². The van der Waals surface area contributed by atoms with Gasteiger partial charge in [-0.1, -0.05) is 22.8 Å². The van der Waals surface area contributed by atoms with Crippen LogP contribution in [0.3, 0.4) is 0 Å². The van der Waals surface area contributed by atoms with Crippen molar-refractivity contribution >= 4 is 22.5 Å². The summed E-state index contributed by atoms with van der Waals surface area (Å²) in [5.41, 5.74) is 2.23. The van der Waals surface area contributed by atoms with Crippen molar-refractivity contribution in [3.8, 4) is 0 Å². The molecule has 0 bridgehead atoms. The van der Waals surface area contributed by atoms with Crippen molar-refractivity contribution in [2.45, 2.75) is 20.0 Å². The Morgan fingerprint density at radius 2 is 2.26 bits per heavy atom. The number of fused-ring (bicyclic) bond motifs is 1. The average molecular weight is 277 g/mol. The summed E-state index contributed by atoms with van der Waals surface area (Å²) in [5, 5.41) is 9.02. The van der Waals surface area contributed by atoms with Crippen LogP contribution in [0.1, 0.15) is 17.3 Å². The van der Waals surface area contributed by atoms with Gasteiger partial charge >= 0.3 is 0 Å². The van der Waals surface area contributed by atoms with E-state index in [1.807, 2.05) is 24.4 Å². The Morgan fingerprint density at radius 1 is 1.37 bits per heavy atom. The number of aromatic nitrogens is 3. The van der Waals surface area contributed by atoms with Crippen LogP contribution in [0.15, 0.2) is 28.9 Å². The van der Waals surface area contributed by atoms with E-state index in [-0.39, 0.29) is 0 Å². The molecule has 0 radical (unpaired) electrons. The highest BCUT2D eigenvalue weighted by Gasteiger charge is 2.05. The quantitative estimate of drug-likeness (QED) is 0.769. The normalized spacial score (nSPS) is 11.3. The van der Waals surface area contributed by atoms with Crippen molar-refractivity contribution in [1.29, 1.82) is 0 Å². The molecule has 5 nitrogen and oxygen atoms in total. The van der Waals surface area contributed by atoms with Gasteiger partial charge in [0.2, 0.25) is 5.89 Å². The average Bonchev–Trinajstić information content (AvgIpc) is 2.96. The number of hydrogen-bond donors (Lipinski definition) is 2. The molecule has 0 atom stereocenters. The minimum atomic E-state index is 0.581. The molecule has 0 aliphatic carbocycles. The molecule has 0 unspecified atom stereocenters. The van der Waals surface area contributed by atoms with Gasteiger partial charge in [-0.05, 0) is 17.7 Å². The van der Waals surface area contributed by atoms with Gasteiger partial charge in [-0.25, -0.2) is 0 Å². The van der Waals surface area contributed by atoms with E-state index >= 15 is 0 Å². The maximum atomic E-state index is 5.95. The molecule has 6 heteroatoms. The Kier molecular flexibility index (Phi) is 3.23. The molecule has 2 N–H and O–H groups in total. The number of halogens is 1. The minimum Gasteiger partial charge on any atom is -0.361 e. The third-order valence-corrected chi connectivity index (χ3v) is 3.13. The molecular weight excluding hydrogens is 264 g/mol. The Morgan fingerprint density at radius 3 is 3.05 bits per heavy atom. The molecule has 0 fully saturated rings. The molecular formula is C13H13ClN4O. The van der Waals surface area contributed by atoms with Crippen molar-refractivity contribution in [1.82, 2.24) is 20.4 Å². The monoisotopic (exact) mass is 276 g/mol. The largest absolute Gasteiger partial charge is 0.361 e. The highest BCUT2D eigenvalue weighted by atomic mass is 35.5. The molecule has 3 aromatic rings. The van der Waals surface area contributed by atoms with Gasteiger partial charge in [-0.3, -0.25) is 0 Å². The number of nitrogens with zero attached hydrogens (tertiary/aromatic N) is 2. The molecule has 0 aliphatic rings. The summed E-state index contributed by atoms with van der Waals surface area (Å²) in [6.45, 7) is 3.09. The zero-order valence-electron chi connectivity index (χ0n) is 10.4. The summed E-state index contributed by atoms with van der Waals surface area (Å²) in [6.07, 6.45) is 1.98. The molecule has 0 saturated heterocycles. The van der Waals surface area contributed by atoms with E-state index in [0.717, 1.165) is 17.1 Å². The van der Waals surface area contributed by atoms with Gasteiger partial charge in [-0.2, -0.15) is 4.98 Å². The smallest absolute Gasteiger partial charge is 0.223 e. The van der Waals surface area contributed by atoms with Gasteiger partial charge < -0.3 is 14.8 Å². The second kappa shape index (κ2) is 5.03. The van der Waals surface area contributed by atoms with Crippen LogP contribution in [-0.2, 0) is 13.1 Å². The lowest BCUT2D eigenvalue weighted by Crippen LogP contribution is -2.13. The lowest BCUT2D eigenvalue weighted by molar-refractivity contribution is 0.385. The molecule has 0 aliphatic heterocycles. The summed E-state index contributed by atoms with van der Waals surface area (Å²) < 4.78 is 4.91.